The average Bonchev–Trinajstić information content (AvgIpc) is 3.29. The summed E-state index contributed by atoms with van der Waals surface area (Å²) >= 11 is 0. The second-order valence-electron chi connectivity index (χ2n) is 10.9. The smallest absolute Gasteiger partial charge is 0.220 e. The number of imidazole rings is 1. The molecule has 0 amide bonds. The molecule has 1 heterocycles. The number of rotatable bonds is 3. The van der Waals surface area contributed by atoms with E-state index in [1.807, 2.05) is 0 Å². The van der Waals surface area contributed by atoms with Gasteiger partial charge in [0.2, 0.25) is 5.95 Å². The van der Waals surface area contributed by atoms with E-state index in [0.29, 0.717) is 30.6 Å². The number of aromatic nitrogens is 2. The molecule has 8 atom stereocenters. The van der Waals surface area contributed by atoms with Crippen LogP contribution in [0.3, 0.4) is 0 Å². The Balaban J connectivity index is 1.41. The Labute approximate surface area is 178 Å². The Morgan fingerprint density at radius 2 is 1.93 bits per heavy atom. The van der Waals surface area contributed by atoms with E-state index < -0.39 is 16.6 Å². The number of fused-ring (bicyclic) bond motifs is 5. The number of anilines is 1. The number of H-pyrrole nitrogens is 1. The third kappa shape index (κ3) is 2.67. The molecule has 0 radical (unpaired) electrons. The lowest BCUT2D eigenvalue weighted by Crippen LogP contribution is -2.65. The van der Waals surface area contributed by atoms with Crippen molar-refractivity contribution >= 4 is 12.2 Å². The summed E-state index contributed by atoms with van der Waals surface area (Å²) < 4.78 is 0. The van der Waals surface area contributed by atoms with Crippen molar-refractivity contribution in [1.29, 1.82) is 0 Å². The molecule has 4 saturated carbocycles. The van der Waals surface area contributed by atoms with E-state index >= 15 is 0 Å². The van der Waals surface area contributed by atoms with Crippen LogP contribution in [0.1, 0.15) is 71.6 Å². The van der Waals surface area contributed by atoms with Crippen LogP contribution in [0.25, 0.3) is 0 Å². The molecule has 166 valence electrons. The lowest BCUT2D eigenvalue weighted by molar-refractivity contribution is -0.223. The van der Waals surface area contributed by atoms with Crippen molar-refractivity contribution in [2.24, 2.45) is 33.7 Å². The number of hydrogen-bond acceptors (Lipinski definition) is 6. The number of hydrogen-bond donors (Lipinski definition) is 5. The molecule has 0 spiro atoms. The molecule has 1 aromatic rings. The van der Waals surface area contributed by atoms with E-state index in [-0.39, 0.29) is 17.4 Å². The molecule has 4 fully saturated rings. The van der Waals surface area contributed by atoms with Crippen LogP contribution < -0.4 is 5.43 Å². The zero-order valence-corrected chi connectivity index (χ0v) is 18.1. The van der Waals surface area contributed by atoms with Gasteiger partial charge in [-0.25, -0.2) is 10.4 Å². The minimum atomic E-state index is -1.15. The Kier molecular flexibility index (Phi) is 4.62. The summed E-state index contributed by atoms with van der Waals surface area (Å²) in [6.45, 7) is 4.47. The second-order valence-corrected chi connectivity index (χ2v) is 10.9. The molecule has 3 unspecified atom stereocenters. The lowest BCUT2D eigenvalue weighted by Gasteiger charge is -2.64. The van der Waals surface area contributed by atoms with Crippen molar-refractivity contribution in [2.45, 2.75) is 88.9 Å². The first kappa shape index (κ1) is 20.5. The van der Waals surface area contributed by atoms with Crippen molar-refractivity contribution in [3.63, 3.8) is 0 Å². The van der Waals surface area contributed by atoms with E-state index in [2.05, 4.69) is 34.3 Å². The fourth-order valence-electron chi connectivity index (χ4n) is 7.99. The number of aromatic amines is 1. The monoisotopic (exact) mass is 416 g/mol. The Hall–Kier alpha value is -1.44. The van der Waals surface area contributed by atoms with Crippen molar-refractivity contribution in [1.82, 2.24) is 9.97 Å². The van der Waals surface area contributed by atoms with Gasteiger partial charge in [0.1, 0.15) is 5.60 Å². The van der Waals surface area contributed by atoms with Gasteiger partial charge in [-0.1, -0.05) is 13.8 Å². The summed E-state index contributed by atoms with van der Waals surface area (Å²) in [6, 6.07) is 0. The predicted octanol–water partition coefficient (Wildman–Crippen LogP) is 3.06. The molecule has 4 aliphatic carbocycles. The summed E-state index contributed by atoms with van der Waals surface area (Å²) in [7, 11) is 0. The molecule has 30 heavy (non-hydrogen) atoms. The summed E-state index contributed by atoms with van der Waals surface area (Å²) in [6.07, 6.45) is 12.6. The van der Waals surface area contributed by atoms with Crippen molar-refractivity contribution in [3.8, 4) is 0 Å². The first-order chi connectivity index (χ1) is 14.2. The van der Waals surface area contributed by atoms with Crippen molar-refractivity contribution in [2.75, 3.05) is 5.43 Å². The normalized spacial score (nSPS) is 50.7. The molecule has 0 bridgehead atoms. The minimum Gasteiger partial charge on any atom is -0.393 e. The van der Waals surface area contributed by atoms with Crippen molar-refractivity contribution in [3.05, 3.63) is 12.4 Å². The van der Waals surface area contributed by atoms with Crippen LogP contribution >= 0.6 is 0 Å². The summed E-state index contributed by atoms with van der Waals surface area (Å²) in [5.74, 6) is 1.74. The van der Waals surface area contributed by atoms with Gasteiger partial charge in [-0.2, -0.15) is 5.10 Å². The SMILES string of the molecule is C[C@]12CCC(O)CC1CC[C@@H]1[C@H]2CC[C@]2(C)C(O)(/C=N/Nc3ncc[nH]3)CC[C@@]12O. The maximum absolute atomic E-state index is 12.1. The zero-order chi connectivity index (χ0) is 21.2. The Morgan fingerprint density at radius 3 is 2.70 bits per heavy atom. The van der Waals surface area contributed by atoms with E-state index in [9.17, 15) is 15.3 Å². The number of aliphatic hydroxyl groups excluding tert-OH is 1. The van der Waals surface area contributed by atoms with Crippen LogP contribution in [0, 0.1) is 28.6 Å². The molecule has 4 aliphatic rings. The van der Waals surface area contributed by atoms with Gasteiger partial charge in [0.05, 0.1) is 17.9 Å². The van der Waals surface area contributed by atoms with Crippen LogP contribution in [0.4, 0.5) is 5.95 Å². The topological polar surface area (TPSA) is 114 Å². The standard InChI is InChI=1S/C23H36N4O3/c1-20-7-5-16(28)13-15(20)3-4-18-17(20)6-8-21(2)22(29,9-10-23(18,21)30)14-26-27-19-24-11-12-25-19/h11-12,14-18,28-30H,3-10,13H2,1-2H3,(H2,24,25,27)/b26-14+/t15?,16?,17-,18-,20+,21-,22?,23-/m1/s1. The fourth-order valence-corrected chi connectivity index (χ4v) is 7.99. The largest absolute Gasteiger partial charge is 0.393 e. The number of nitrogens with one attached hydrogen (secondary N) is 2. The third-order valence-electron chi connectivity index (χ3n) is 9.98. The van der Waals surface area contributed by atoms with Crippen LogP contribution in [0.5, 0.6) is 0 Å². The third-order valence-corrected chi connectivity index (χ3v) is 9.98. The summed E-state index contributed by atoms with van der Waals surface area (Å²) in [4.78, 5) is 7.03. The number of aliphatic hydroxyl groups is 3. The first-order valence-electron chi connectivity index (χ1n) is 11.6. The van der Waals surface area contributed by atoms with Crippen LogP contribution in [0.15, 0.2) is 17.5 Å². The lowest BCUT2D eigenvalue weighted by atomic mass is 9.43. The van der Waals surface area contributed by atoms with E-state index in [1.54, 1.807) is 18.6 Å². The van der Waals surface area contributed by atoms with Crippen LogP contribution in [-0.2, 0) is 0 Å². The zero-order valence-electron chi connectivity index (χ0n) is 18.1. The molecular weight excluding hydrogens is 380 g/mol. The molecule has 0 aliphatic heterocycles. The second kappa shape index (κ2) is 6.78. The van der Waals surface area contributed by atoms with E-state index in [4.69, 9.17) is 0 Å². The number of hydrazone groups is 1. The molecule has 5 N–H and O–H groups in total. The molecule has 1 aromatic heterocycles. The van der Waals surface area contributed by atoms with Gasteiger partial charge in [0, 0.05) is 17.8 Å². The Morgan fingerprint density at radius 1 is 1.10 bits per heavy atom. The van der Waals surface area contributed by atoms with E-state index in [1.165, 1.54) is 0 Å². The van der Waals surface area contributed by atoms with Crippen LogP contribution in [-0.4, -0.2) is 48.8 Å². The minimum absolute atomic E-state index is 0.161. The predicted molar refractivity (Wildman–Crippen MR) is 115 cm³/mol. The van der Waals surface area contributed by atoms with Gasteiger partial charge in [0.25, 0.3) is 0 Å². The quantitative estimate of drug-likeness (QED) is 0.384. The highest BCUT2D eigenvalue weighted by molar-refractivity contribution is 5.72. The summed E-state index contributed by atoms with van der Waals surface area (Å²) in [5, 5.41) is 38.3. The molecule has 0 saturated heterocycles. The molecular formula is C23H36N4O3. The van der Waals surface area contributed by atoms with Crippen LogP contribution in [0.2, 0.25) is 0 Å². The van der Waals surface area contributed by atoms with Gasteiger partial charge in [-0.3, -0.25) is 0 Å². The van der Waals surface area contributed by atoms with Gasteiger partial charge in [-0.05, 0) is 81.0 Å². The fraction of sp³-hybridized carbons (Fsp3) is 0.826. The number of nitrogens with zero attached hydrogens (tertiary/aromatic N) is 2. The first-order valence-corrected chi connectivity index (χ1v) is 11.6. The summed E-state index contributed by atoms with van der Waals surface area (Å²) in [5.41, 5.74) is 0.385. The maximum atomic E-state index is 12.1. The highest BCUT2D eigenvalue weighted by Crippen LogP contribution is 2.69. The highest BCUT2D eigenvalue weighted by Gasteiger charge is 2.71. The van der Waals surface area contributed by atoms with Gasteiger partial charge < -0.3 is 20.3 Å². The highest BCUT2D eigenvalue weighted by atomic mass is 16.3. The molecule has 0 aromatic carbocycles. The van der Waals surface area contributed by atoms with E-state index in [0.717, 1.165) is 44.9 Å². The molecule has 7 heteroatoms. The maximum Gasteiger partial charge on any atom is 0.220 e. The van der Waals surface area contributed by atoms with Gasteiger partial charge >= 0.3 is 0 Å². The van der Waals surface area contributed by atoms with Gasteiger partial charge in [-0.15, -0.1) is 0 Å². The molecule has 5 rings (SSSR count). The average molecular weight is 417 g/mol. The van der Waals surface area contributed by atoms with Crippen molar-refractivity contribution < 1.29 is 15.3 Å². The molecule has 7 nitrogen and oxygen atoms in total. The van der Waals surface area contributed by atoms with Gasteiger partial charge in [0.15, 0.2) is 0 Å². The Bertz CT molecular complexity index is 815.